The van der Waals surface area contributed by atoms with Gasteiger partial charge in [-0.05, 0) is 33.1 Å². The van der Waals surface area contributed by atoms with Crippen LogP contribution in [0.1, 0.15) is 12.0 Å². The normalized spacial score (nSPS) is 18.2. The number of alkyl halides is 1. The lowest BCUT2D eigenvalue weighted by atomic mass is 9.99. The van der Waals surface area contributed by atoms with Crippen molar-refractivity contribution in [3.05, 3.63) is 145 Å². The number of hydrogen-bond donors (Lipinski definition) is 0. The number of allylic oxidation sites excluding steroid dienone is 4. The highest BCUT2D eigenvalue weighted by Gasteiger charge is 2.54. The third kappa shape index (κ3) is 3.54. The van der Waals surface area contributed by atoms with Crippen molar-refractivity contribution >= 4 is 45.1 Å². The minimum absolute atomic E-state index is 0.192. The molecule has 1 aliphatic carbocycles. The van der Waals surface area contributed by atoms with E-state index < -0.39 is 8.07 Å². The first kappa shape index (κ1) is 20.9. The van der Waals surface area contributed by atoms with Crippen LogP contribution in [0.3, 0.4) is 0 Å². The van der Waals surface area contributed by atoms with Gasteiger partial charge in [-0.2, -0.15) is 0 Å². The summed E-state index contributed by atoms with van der Waals surface area (Å²) in [6.45, 7) is 0. The van der Waals surface area contributed by atoms with E-state index in [1.165, 1.54) is 26.7 Å². The molecule has 0 bridgehead atoms. The Morgan fingerprint density at radius 3 is 1.34 bits per heavy atom. The van der Waals surface area contributed by atoms with E-state index in [9.17, 15) is 0 Å². The second-order valence-corrected chi connectivity index (χ2v) is 14.5. The maximum atomic E-state index is 4.36. The van der Waals surface area contributed by atoms with Crippen molar-refractivity contribution in [3.63, 3.8) is 0 Å². The molecule has 0 aliphatic heterocycles. The molecule has 0 fully saturated rings. The maximum Gasteiger partial charge on any atom is 0.169 e. The summed E-state index contributed by atoms with van der Waals surface area (Å²) in [5.41, 5.74) is 2.56. The van der Waals surface area contributed by atoms with Crippen LogP contribution in [0.2, 0.25) is 0 Å². The molecule has 5 rings (SSSR count). The van der Waals surface area contributed by atoms with Crippen molar-refractivity contribution in [2.24, 2.45) is 0 Å². The topological polar surface area (TPSA) is 0 Å². The summed E-state index contributed by atoms with van der Waals surface area (Å²) < 4.78 is -0.192. The minimum atomic E-state index is -2.49. The average Bonchev–Trinajstić information content (AvgIpc) is 2.87. The fraction of sp³-hybridized carbons (Fsp3) is 0.0667. The largest absolute Gasteiger partial charge is 0.169 e. The van der Waals surface area contributed by atoms with Crippen molar-refractivity contribution in [1.82, 2.24) is 0 Å². The first-order valence-corrected chi connectivity index (χ1v) is 13.8. The van der Waals surface area contributed by atoms with E-state index in [4.69, 9.17) is 0 Å². The van der Waals surface area contributed by atoms with Crippen LogP contribution in [0.4, 0.5) is 0 Å². The third-order valence-electron chi connectivity index (χ3n) is 6.50. The molecule has 4 aromatic rings. The van der Waals surface area contributed by atoms with Gasteiger partial charge in [0.05, 0.1) is 3.95 Å². The van der Waals surface area contributed by atoms with E-state index >= 15 is 0 Å². The van der Waals surface area contributed by atoms with Crippen LogP contribution in [0.15, 0.2) is 140 Å². The number of benzene rings is 4. The zero-order chi connectivity index (χ0) is 21.9. The molecule has 1 atom stereocenters. The van der Waals surface area contributed by atoms with Crippen LogP contribution >= 0.6 is 15.9 Å². The van der Waals surface area contributed by atoms with Gasteiger partial charge in [-0.3, -0.25) is 0 Å². The van der Waals surface area contributed by atoms with Gasteiger partial charge in [0.2, 0.25) is 0 Å². The number of rotatable bonds is 5. The van der Waals surface area contributed by atoms with Crippen LogP contribution in [0, 0.1) is 0 Å². The molecule has 0 amide bonds. The molecular weight excluding hydrogens is 468 g/mol. The van der Waals surface area contributed by atoms with Crippen LogP contribution in [-0.2, 0) is 0 Å². The molecule has 0 nitrogen and oxygen atoms in total. The zero-order valence-corrected chi connectivity index (χ0v) is 20.5. The molecule has 32 heavy (non-hydrogen) atoms. The van der Waals surface area contributed by atoms with Gasteiger partial charge in [0.15, 0.2) is 8.07 Å². The molecule has 0 N–H and O–H groups in total. The Morgan fingerprint density at radius 2 is 0.969 bits per heavy atom. The second-order valence-electron chi connectivity index (χ2n) is 8.27. The van der Waals surface area contributed by atoms with Gasteiger partial charge >= 0.3 is 0 Å². The molecule has 0 saturated heterocycles. The molecule has 0 radical (unpaired) electrons. The van der Waals surface area contributed by atoms with E-state index in [0.717, 1.165) is 6.42 Å². The SMILES string of the molecule is BrC1([Si](c2ccccc2)(c2ccccc2)c2ccccc2)C=CC(c2ccccc2)=CC1. The van der Waals surface area contributed by atoms with Gasteiger partial charge in [-0.1, -0.05) is 155 Å². The van der Waals surface area contributed by atoms with E-state index in [2.05, 4.69) is 155 Å². The van der Waals surface area contributed by atoms with Crippen LogP contribution in [0.25, 0.3) is 5.57 Å². The Morgan fingerprint density at radius 1 is 0.562 bits per heavy atom. The molecule has 0 aromatic heterocycles. The van der Waals surface area contributed by atoms with Crippen LogP contribution < -0.4 is 15.6 Å². The predicted octanol–water partition coefficient (Wildman–Crippen LogP) is 5.87. The lowest BCUT2D eigenvalue weighted by molar-refractivity contribution is 0.966. The molecule has 0 saturated carbocycles. The summed E-state index contributed by atoms with van der Waals surface area (Å²) in [6, 6.07) is 44.0. The maximum absolute atomic E-state index is 4.36. The number of hydrogen-bond acceptors (Lipinski definition) is 0. The van der Waals surface area contributed by atoms with Gasteiger partial charge in [0, 0.05) is 0 Å². The molecule has 0 heterocycles. The molecule has 2 heteroatoms. The smallest absolute Gasteiger partial charge is 0.0827 e. The zero-order valence-electron chi connectivity index (χ0n) is 17.9. The molecule has 1 unspecified atom stereocenters. The first-order chi connectivity index (χ1) is 15.7. The summed E-state index contributed by atoms with van der Waals surface area (Å²) in [5.74, 6) is 0. The molecule has 1 aliphatic rings. The first-order valence-electron chi connectivity index (χ1n) is 11.0. The lowest BCUT2D eigenvalue weighted by Gasteiger charge is -2.46. The molecular formula is C30H25BrSi. The highest BCUT2D eigenvalue weighted by molar-refractivity contribution is 9.10. The van der Waals surface area contributed by atoms with E-state index in [0.29, 0.717) is 0 Å². The van der Waals surface area contributed by atoms with E-state index in [1.807, 2.05) is 0 Å². The summed E-state index contributed by atoms with van der Waals surface area (Å²) in [6.07, 6.45) is 8.07. The minimum Gasteiger partial charge on any atom is -0.0827 e. The fourth-order valence-corrected chi connectivity index (χ4v) is 12.6. The quantitative estimate of drug-likeness (QED) is 0.185. The summed E-state index contributed by atoms with van der Waals surface area (Å²) in [5, 5.41) is 4.24. The standard InChI is InChI=1S/C30H25BrSi/c31-30(23-21-26(22-24-30)25-13-5-1-6-14-25)32(27-15-7-2-8-16-27,28-17-9-3-10-18-28)29-19-11-4-12-20-29/h1-23H,24H2. The van der Waals surface area contributed by atoms with Crippen LogP contribution in [0.5, 0.6) is 0 Å². The Hall–Kier alpha value is -2.94. The van der Waals surface area contributed by atoms with E-state index in [1.54, 1.807) is 0 Å². The molecule has 156 valence electrons. The molecule has 0 spiro atoms. The van der Waals surface area contributed by atoms with Gasteiger partial charge in [-0.15, -0.1) is 0 Å². The average molecular weight is 494 g/mol. The summed E-state index contributed by atoms with van der Waals surface area (Å²) in [7, 11) is -2.49. The van der Waals surface area contributed by atoms with Crippen molar-refractivity contribution in [2.45, 2.75) is 10.4 Å². The van der Waals surface area contributed by atoms with Crippen molar-refractivity contribution in [3.8, 4) is 0 Å². The Kier molecular flexibility index (Phi) is 5.82. The Balaban J connectivity index is 1.74. The van der Waals surface area contributed by atoms with E-state index in [-0.39, 0.29) is 3.95 Å². The fourth-order valence-electron chi connectivity index (χ4n) is 5.02. The lowest BCUT2D eigenvalue weighted by Crippen LogP contribution is -2.77. The monoisotopic (exact) mass is 492 g/mol. The van der Waals surface area contributed by atoms with Crippen molar-refractivity contribution < 1.29 is 0 Å². The van der Waals surface area contributed by atoms with Gasteiger partial charge in [0.25, 0.3) is 0 Å². The van der Waals surface area contributed by atoms with Gasteiger partial charge < -0.3 is 0 Å². The van der Waals surface area contributed by atoms with Gasteiger partial charge in [0.1, 0.15) is 0 Å². The summed E-state index contributed by atoms with van der Waals surface area (Å²) in [4.78, 5) is 0. The summed E-state index contributed by atoms with van der Waals surface area (Å²) >= 11 is 4.36. The third-order valence-corrected chi connectivity index (χ3v) is 14.1. The van der Waals surface area contributed by atoms with Crippen LogP contribution in [-0.4, -0.2) is 12.0 Å². The van der Waals surface area contributed by atoms with Gasteiger partial charge in [-0.25, -0.2) is 0 Å². The second kappa shape index (κ2) is 8.89. The van der Waals surface area contributed by atoms with Crippen molar-refractivity contribution in [2.75, 3.05) is 0 Å². The molecule has 4 aromatic carbocycles. The van der Waals surface area contributed by atoms with Crippen molar-refractivity contribution in [1.29, 1.82) is 0 Å². The highest BCUT2D eigenvalue weighted by Crippen LogP contribution is 2.40. The highest BCUT2D eigenvalue weighted by atomic mass is 79.9. The Bertz CT molecular complexity index is 1130. The number of halogens is 1. The Labute approximate surface area is 200 Å². The predicted molar refractivity (Wildman–Crippen MR) is 144 cm³/mol.